The summed E-state index contributed by atoms with van der Waals surface area (Å²) in [6.07, 6.45) is 4.89. The first kappa shape index (κ1) is 19.0. The van der Waals surface area contributed by atoms with E-state index in [0.29, 0.717) is 11.1 Å². The highest BCUT2D eigenvalue weighted by Crippen LogP contribution is 2.13. The molecule has 2 N–H and O–H groups in total. The molecule has 1 heterocycles. The van der Waals surface area contributed by atoms with Gasteiger partial charge in [0.05, 0.1) is 6.04 Å². The summed E-state index contributed by atoms with van der Waals surface area (Å²) in [5, 5.41) is 5.65. The molecule has 0 saturated heterocycles. The van der Waals surface area contributed by atoms with E-state index < -0.39 is 0 Å². The zero-order valence-corrected chi connectivity index (χ0v) is 15.5. The Morgan fingerprint density at radius 3 is 2.25 bits per heavy atom. The van der Waals surface area contributed by atoms with Crippen molar-refractivity contribution in [3.8, 4) is 0 Å². The summed E-state index contributed by atoms with van der Waals surface area (Å²) in [7, 11) is 0. The molecule has 0 radical (unpaired) electrons. The molecule has 0 spiro atoms. The highest BCUT2D eigenvalue weighted by atomic mass is 16.2. The Kier molecular flexibility index (Phi) is 6.31. The second kappa shape index (κ2) is 9.28. The quantitative estimate of drug-likeness (QED) is 0.649. The molecule has 140 valence electrons. The zero-order valence-electron chi connectivity index (χ0n) is 15.5. The van der Waals surface area contributed by atoms with Crippen molar-refractivity contribution in [2.45, 2.75) is 13.0 Å². The summed E-state index contributed by atoms with van der Waals surface area (Å²) in [6, 6.07) is 21.8. The van der Waals surface area contributed by atoms with Gasteiger partial charge in [0.1, 0.15) is 5.70 Å². The van der Waals surface area contributed by atoms with Gasteiger partial charge in [-0.2, -0.15) is 0 Å². The van der Waals surface area contributed by atoms with E-state index in [9.17, 15) is 9.59 Å². The monoisotopic (exact) mass is 371 g/mol. The maximum absolute atomic E-state index is 12.9. The molecule has 1 atom stereocenters. The van der Waals surface area contributed by atoms with Crippen LogP contribution in [0.15, 0.2) is 90.9 Å². The normalized spacial score (nSPS) is 12.1. The zero-order chi connectivity index (χ0) is 19.8. The minimum Gasteiger partial charge on any atom is -0.344 e. The summed E-state index contributed by atoms with van der Waals surface area (Å²) >= 11 is 0. The largest absolute Gasteiger partial charge is 0.344 e. The fourth-order valence-electron chi connectivity index (χ4n) is 2.67. The molecular weight excluding hydrogens is 350 g/mol. The van der Waals surface area contributed by atoms with Crippen molar-refractivity contribution in [2.24, 2.45) is 0 Å². The van der Waals surface area contributed by atoms with Crippen LogP contribution < -0.4 is 10.6 Å². The molecule has 28 heavy (non-hydrogen) atoms. The molecular formula is C23H21N3O2. The van der Waals surface area contributed by atoms with Crippen LogP contribution in [-0.2, 0) is 4.79 Å². The first-order chi connectivity index (χ1) is 13.6. The van der Waals surface area contributed by atoms with Gasteiger partial charge >= 0.3 is 0 Å². The third kappa shape index (κ3) is 5.14. The Hall–Kier alpha value is -3.73. The van der Waals surface area contributed by atoms with E-state index >= 15 is 0 Å². The summed E-state index contributed by atoms with van der Waals surface area (Å²) in [6.45, 7) is 1.90. The van der Waals surface area contributed by atoms with Gasteiger partial charge in [-0.3, -0.25) is 14.6 Å². The van der Waals surface area contributed by atoms with E-state index in [1.54, 1.807) is 48.8 Å². The van der Waals surface area contributed by atoms with Crippen molar-refractivity contribution in [2.75, 3.05) is 0 Å². The van der Waals surface area contributed by atoms with Crippen molar-refractivity contribution in [3.05, 3.63) is 108 Å². The van der Waals surface area contributed by atoms with Gasteiger partial charge in [-0.25, -0.2) is 0 Å². The Bertz CT molecular complexity index is 955. The topological polar surface area (TPSA) is 71.1 Å². The van der Waals surface area contributed by atoms with Crippen LogP contribution in [0.25, 0.3) is 6.08 Å². The second-order valence-corrected chi connectivity index (χ2v) is 6.27. The van der Waals surface area contributed by atoms with Gasteiger partial charge in [0.2, 0.25) is 0 Å². The number of hydrogen-bond donors (Lipinski definition) is 2. The molecule has 1 aromatic heterocycles. The van der Waals surface area contributed by atoms with E-state index in [1.807, 2.05) is 49.4 Å². The van der Waals surface area contributed by atoms with Crippen LogP contribution in [0.2, 0.25) is 0 Å². The molecule has 3 rings (SSSR count). The molecule has 0 aliphatic carbocycles. The lowest BCUT2D eigenvalue weighted by molar-refractivity contribution is -0.118. The summed E-state index contributed by atoms with van der Waals surface area (Å²) in [4.78, 5) is 29.5. The Morgan fingerprint density at radius 2 is 1.61 bits per heavy atom. The number of hydrogen-bond acceptors (Lipinski definition) is 3. The number of carbonyl (C=O) groups is 2. The molecule has 0 aliphatic rings. The van der Waals surface area contributed by atoms with Crippen molar-refractivity contribution < 1.29 is 9.59 Å². The van der Waals surface area contributed by atoms with Crippen molar-refractivity contribution >= 4 is 17.9 Å². The Balaban J connectivity index is 1.82. The van der Waals surface area contributed by atoms with Crippen molar-refractivity contribution in [1.82, 2.24) is 15.6 Å². The molecule has 0 bridgehead atoms. The number of pyridine rings is 1. The van der Waals surface area contributed by atoms with E-state index in [1.165, 1.54) is 0 Å². The lowest BCUT2D eigenvalue weighted by Gasteiger charge is -2.16. The molecule has 5 nitrogen and oxygen atoms in total. The molecule has 0 aliphatic heterocycles. The van der Waals surface area contributed by atoms with Crippen LogP contribution in [0.4, 0.5) is 0 Å². The average molecular weight is 371 g/mol. The van der Waals surface area contributed by atoms with Crippen LogP contribution >= 0.6 is 0 Å². The lowest BCUT2D eigenvalue weighted by atomic mass is 10.1. The molecule has 5 heteroatoms. The van der Waals surface area contributed by atoms with Crippen LogP contribution in [-0.4, -0.2) is 16.8 Å². The predicted molar refractivity (Wildman–Crippen MR) is 109 cm³/mol. The molecule has 2 amide bonds. The first-order valence-corrected chi connectivity index (χ1v) is 8.97. The second-order valence-electron chi connectivity index (χ2n) is 6.27. The highest BCUT2D eigenvalue weighted by molar-refractivity contribution is 6.05. The van der Waals surface area contributed by atoms with Crippen molar-refractivity contribution in [3.63, 3.8) is 0 Å². The number of benzene rings is 2. The van der Waals surface area contributed by atoms with Gasteiger partial charge in [-0.05, 0) is 42.3 Å². The Morgan fingerprint density at radius 1 is 0.929 bits per heavy atom. The molecule has 0 saturated carbocycles. The Labute approximate surface area is 164 Å². The average Bonchev–Trinajstić information content (AvgIpc) is 2.75. The first-order valence-electron chi connectivity index (χ1n) is 8.97. The molecule has 3 aromatic rings. The highest BCUT2D eigenvalue weighted by Gasteiger charge is 2.17. The van der Waals surface area contributed by atoms with Gasteiger partial charge < -0.3 is 10.6 Å². The third-order valence-electron chi connectivity index (χ3n) is 4.17. The molecule has 0 unspecified atom stereocenters. The minimum absolute atomic E-state index is 0.157. The fraction of sp³-hybridized carbons (Fsp3) is 0.0870. The third-order valence-corrected chi connectivity index (χ3v) is 4.17. The van der Waals surface area contributed by atoms with E-state index in [4.69, 9.17) is 0 Å². The summed E-state index contributed by atoms with van der Waals surface area (Å²) in [5.74, 6) is -0.720. The molecule has 0 fully saturated rings. The van der Waals surface area contributed by atoms with E-state index in [0.717, 1.165) is 5.56 Å². The smallest absolute Gasteiger partial charge is 0.268 e. The number of nitrogens with zero attached hydrogens (tertiary/aromatic N) is 1. The molecule has 2 aromatic carbocycles. The van der Waals surface area contributed by atoms with Crippen LogP contribution in [0.1, 0.15) is 34.5 Å². The van der Waals surface area contributed by atoms with Gasteiger partial charge in [-0.1, -0.05) is 54.6 Å². The maximum Gasteiger partial charge on any atom is 0.268 e. The number of nitrogens with one attached hydrogen (secondary N) is 2. The number of carbonyl (C=O) groups excluding carboxylic acids is 2. The lowest BCUT2D eigenvalue weighted by Crippen LogP contribution is -2.36. The predicted octanol–water partition coefficient (Wildman–Crippen LogP) is 3.73. The minimum atomic E-state index is -0.371. The summed E-state index contributed by atoms with van der Waals surface area (Å²) < 4.78 is 0. The van der Waals surface area contributed by atoms with Gasteiger partial charge in [0, 0.05) is 18.0 Å². The van der Waals surface area contributed by atoms with Crippen LogP contribution in [0.5, 0.6) is 0 Å². The van der Waals surface area contributed by atoms with Gasteiger partial charge in [-0.15, -0.1) is 0 Å². The van der Waals surface area contributed by atoms with E-state index in [2.05, 4.69) is 15.6 Å². The standard InChI is InChI=1S/C23H21N3O2/c1-17(19-10-4-2-5-11-19)25-23(28)21(15-18-9-8-14-24-16-18)26-22(27)20-12-6-3-7-13-20/h2-17H,1H3,(H,25,28)(H,26,27)/b21-15+/t17-/m1/s1. The SMILES string of the molecule is C[C@@H](NC(=O)/C(=C\c1cccnc1)NC(=O)c1ccccc1)c1ccccc1. The fourth-order valence-corrected chi connectivity index (χ4v) is 2.67. The van der Waals surface area contributed by atoms with Gasteiger partial charge in [0.25, 0.3) is 11.8 Å². The van der Waals surface area contributed by atoms with Crippen LogP contribution in [0.3, 0.4) is 0 Å². The summed E-state index contributed by atoms with van der Waals surface area (Å²) in [5.41, 5.74) is 2.33. The maximum atomic E-state index is 12.9. The number of amides is 2. The van der Waals surface area contributed by atoms with Crippen LogP contribution in [0, 0.1) is 0 Å². The van der Waals surface area contributed by atoms with Gasteiger partial charge in [0.15, 0.2) is 0 Å². The number of aromatic nitrogens is 1. The van der Waals surface area contributed by atoms with Crippen molar-refractivity contribution in [1.29, 1.82) is 0 Å². The number of rotatable bonds is 6. The van der Waals surface area contributed by atoms with E-state index in [-0.39, 0.29) is 23.6 Å².